The van der Waals surface area contributed by atoms with E-state index in [1.165, 1.54) is 0 Å². The number of carbonyl (C=O) groups excluding carboxylic acids is 1. The molecule has 1 unspecified atom stereocenters. The zero-order valence-electron chi connectivity index (χ0n) is 11.7. The maximum Gasteiger partial charge on any atom is 0.241 e. The lowest BCUT2D eigenvalue weighted by Gasteiger charge is -2.33. The minimum absolute atomic E-state index is 0.0103. The highest BCUT2D eigenvalue weighted by Crippen LogP contribution is 2.22. The monoisotopic (exact) mass is 296 g/mol. The summed E-state index contributed by atoms with van der Waals surface area (Å²) in [6.07, 6.45) is 0.787. The fourth-order valence-corrected chi connectivity index (χ4v) is 2.57. The van der Waals surface area contributed by atoms with Crippen molar-refractivity contribution in [2.24, 2.45) is 0 Å². The second-order valence-electron chi connectivity index (χ2n) is 4.94. The molecular formula is C14H21ClN4O. The van der Waals surface area contributed by atoms with Gasteiger partial charge in [-0.15, -0.1) is 0 Å². The summed E-state index contributed by atoms with van der Waals surface area (Å²) in [5, 5.41) is 6.71. The summed E-state index contributed by atoms with van der Waals surface area (Å²) in [5.41, 5.74) is 6.90. The third-order valence-corrected chi connectivity index (χ3v) is 3.89. The van der Waals surface area contributed by atoms with Crippen molar-refractivity contribution in [1.82, 2.24) is 10.2 Å². The van der Waals surface area contributed by atoms with Crippen LogP contribution in [0.4, 0.5) is 11.4 Å². The lowest BCUT2D eigenvalue weighted by molar-refractivity contribution is -0.121. The van der Waals surface area contributed by atoms with E-state index in [1.54, 1.807) is 18.2 Å². The first-order chi connectivity index (χ1) is 9.61. The molecule has 0 aliphatic carbocycles. The normalized spacial score (nSPS) is 17.7. The Morgan fingerprint density at radius 2 is 2.20 bits per heavy atom. The lowest BCUT2D eigenvalue weighted by atomic mass is 10.1. The first-order valence-electron chi connectivity index (χ1n) is 6.92. The topological polar surface area (TPSA) is 70.4 Å². The molecule has 4 N–H and O–H groups in total. The van der Waals surface area contributed by atoms with Gasteiger partial charge in [0.25, 0.3) is 0 Å². The number of nitrogens with one attached hydrogen (secondary N) is 2. The molecule has 1 saturated heterocycles. The number of hydrogen-bond donors (Lipinski definition) is 3. The quantitative estimate of drug-likeness (QED) is 0.737. The molecule has 0 bridgehead atoms. The number of rotatable bonds is 4. The summed E-state index contributed by atoms with van der Waals surface area (Å²) in [6, 6.07) is 5.04. The van der Waals surface area contributed by atoms with Gasteiger partial charge in [0, 0.05) is 31.9 Å². The van der Waals surface area contributed by atoms with E-state index >= 15 is 0 Å². The van der Waals surface area contributed by atoms with Gasteiger partial charge in [-0.25, -0.2) is 0 Å². The number of piperazine rings is 1. The molecule has 1 amide bonds. The predicted octanol–water partition coefficient (Wildman–Crippen LogP) is 1.54. The van der Waals surface area contributed by atoms with Crippen LogP contribution in [0, 0.1) is 0 Å². The summed E-state index contributed by atoms with van der Waals surface area (Å²) >= 11 is 5.88. The third kappa shape index (κ3) is 3.62. The van der Waals surface area contributed by atoms with E-state index in [-0.39, 0.29) is 11.9 Å². The number of benzene rings is 1. The number of carbonyl (C=O) groups is 1. The van der Waals surface area contributed by atoms with Crippen LogP contribution in [0.3, 0.4) is 0 Å². The molecule has 20 heavy (non-hydrogen) atoms. The highest BCUT2D eigenvalue weighted by atomic mass is 35.5. The highest BCUT2D eigenvalue weighted by Gasteiger charge is 2.25. The second-order valence-corrected chi connectivity index (χ2v) is 5.34. The molecule has 1 atom stereocenters. The van der Waals surface area contributed by atoms with Gasteiger partial charge in [-0.05, 0) is 24.6 Å². The molecule has 1 heterocycles. The highest BCUT2D eigenvalue weighted by molar-refractivity contribution is 6.33. The maximum atomic E-state index is 12.4. The van der Waals surface area contributed by atoms with Crippen molar-refractivity contribution >= 4 is 28.9 Å². The third-order valence-electron chi connectivity index (χ3n) is 3.55. The van der Waals surface area contributed by atoms with E-state index in [0.29, 0.717) is 16.4 Å². The molecule has 1 aromatic carbocycles. The zero-order valence-corrected chi connectivity index (χ0v) is 12.4. The average molecular weight is 297 g/mol. The van der Waals surface area contributed by atoms with Crippen molar-refractivity contribution in [2.45, 2.75) is 19.4 Å². The van der Waals surface area contributed by atoms with Gasteiger partial charge >= 0.3 is 0 Å². The van der Waals surface area contributed by atoms with E-state index in [1.807, 2.05) is 6.92 Å². The first-order valence-corrected chi connectivity index (χ1v) is 7.30. The number of nitrogens with two attached hydrogens (primary N) is 1. The standard InChI is InChI=1S/C14H21ClN4O/c1-2-13(19-7-5-17-6-8-19)14(20)18-10-3-4-11(15)12(16)9-10/h3-4,9,13,17H,2,5-8,16H2,1H3,(H,18,20). The molecule has 1 aromatic rings. The van der Waals surface area contributed by atoms with Gasteiger partial charge in [0.05, 0.1) is 16.8 Å². The van der Waals surface area contributed by atoms with E-state index < -0.39 is 0 Å². The summed E-state index contributed by atoms with van der Waals surface area (Å²) in [7, 11) is 0. The lowest BCUT2D eigenvalue weighted by Crippen LogP contribution is -2.52. The second kappa shape index (κ2) is 6.92. The summed E-state index contributed by atoms with van der Waals surface area (Å²) in [6.45, 7) is 5.68. The van der Waals surface area contributed by atoms with E-state index in [4.69, 9.17) is 17.3 Å². The van der Waals surface area contributed by atoms with Crippen molar-refractivity contribution in [3.63, 3.8) is 0 Å². The molecule has 0 radical (unpaired) electrons. The molecule has 0 spiro atoms. The summed E-state index contributed by atoms with van der Waals surface area (Å²) < 4.78 is 0. The molecule has 5 nitrogen and oxygen atoms in total. The average Bonchev–Trinajstić information content (AvgIpc) is 2.45. The molecule has 6 heteroatoms. The molecule has 1 aliphatic rings. The number of anilines is 2. The summed E-state index contributed by atoms with van der Waals surface area (Å²) in [4.78, 5) is 14.6. The smallest absolute Gasteiger partial charge is 0.241 e. The van der Waals surface area contributed by atoms with Gasteiger partial charge in [-0.3, -0.25) is 9.69 Å². The molecule has 1 aliphatic heterocycles. The van der Waals surface area contributed by atoms with Crippen LogP contribution in [0.25, 0.3) is 0 Å². The van der Waals surface area contributed by atoms with Gasteiger partial charge in [0.1, 0.15) is 0 Å². The van der Waals surface area contributed by atoms with E-state index in [0.717, 1.165) is 32.6 Å². The molecule has 1 fully saturated rings. The Labute approximate surface area is 124 Å². The van der Waals surface area contributed by atoms with Crippen LogP contribution < -0.4 is 16.4 Å². The maximum absolute atomic E-state index is 12.4. The van der Waals surface area contributed by atoms with Gasteiger partial charge in [-0.1, -0.05) is 18.5 Å². The minimum atomic E-state index is -0.103. The van der Waals surface area contributed by atoms with E-state index in [9.17, 15) is 4.79 Å². The van der Waals surface area contributed by atoms with Crippen LogP contribution >= 0.6 is 11.6 Å². The van der Waals surface area contributed by atoms with Crippen LogP contribution in [0.1, 0.15) is 13.3 Å². The molecular weight excluding hydrogens is 276 g/mol. The molecule has 2 rings (SSSR count). The fourth-order valence-electron chi connectivity index (χ4n) is 2.45. The number of halogens is 1. The molecule has 0 aromatic heterocycles. The first kappa shape index (κ1) is 15.1. The van der Waals surface area contributed by atoms with Crippen LogP contribution in [-0.2, 0) is 4.79 Å². The number of nitrogen functional groups attached to an aromatic ring is 1. The molecule has 0 saturated carbocycles. The van der Waals surface area contributed by atoms with Crippen molar-refractivity contribution in [1.29, 1.82) is 0 Å². The number of hydrogen-bond acceptors (Lipinski definition) is 4. The Balaban J connectivity index is 2.02. The van der Waals surface area contributed by atoms with Crippen molar-refractivity contribution in [3.8, 4) is 0 Å². The van der Waals surface area contributed by atoms with Crippen LogP contribution in [0.5, 0.6) is 0 Å². The zero-order chi connectivity index (χ0) is 14.5. The van der Waals surface area contributed by atoms with Gasteiger partial charge in [0.2, 0.25) is 5.91 Å². The molecule has 110 valence electrons. The van der Waals surface area contributed by atoms with E-state index in [2.05, 4.69) is 15.5 Å². The fraction of sp³-hybridized carbons (Fsp3) is 0.500. The van der Waals surface area contributed by atoms with Crippen LogP contribution in [0.2, 0.25) is 5.02 Å². The Morgan fingerprint density at radius 1 is 1.50 bits per heavy atom. The van der Waals surface area contributed by atoms with Crippen molar-refractivity contribution in [3.05, 3.63) is 23.2 Å². The van der Waals surface area contributed by atoms with Crippen LogP contribution in [0.15, 0.2) is 18.2 Å². The number of nitrogens with zero attached hydrogens (tertiary/aromatic N) is 1. The van der Waals surface area contributed by atoms with Crippen molar-refractivity contribution in [2.75, 3.05) is 37.2 Å². The largest absolute Gasteiger partial charge is 0.397 e. The Morgan fingerprint density at radius 3 is 2.80 bits per heavy atom. The predicted molar refractivity (Wildman–Crippen MR) is 83.0 cm³/mol. The Bertz CT molecular complexity index is 474. The minimum Gasteiger partial charge on any atom is -0.397 e. The van der Waals surface area contributed by atoms with Gasteiger partial charge in [0.15, 0.2) is 0 Å². The number of amides is 1. The van der Waals surface area contributed by atoms with Crippen molar-refractivity contribution < 1.29 is 4.79 Å². The Kier molecular flexibility index (Phi) is 5.23. The SMILES string of the molecule is CCC(C(=O)Nc1ccc(Cl)c(N)c1)N1CCNCC1. The summed E-state index contributed by atoms with van der Waals surface area (Å²) in [5.74, 6) is 0.0103. The Hall–Kier alpha value is -1.30. The van der Waals surface area contributed by atoms with Gasteiger partial charge in [-0.2, -0.15) is 0 Å². The van der Waals surface area contributed by atoms with Gasteiger partial charge < -0.3 is 16.4 Å². The van der Waals surface area contributed by atoms with Crippen LogP contribution in [-0.4, -0.2) is 43.0 Å².